The van der Waals surface area contributed by atoms with E-state index in [1.807, 2.05) is 24.4 Å². The van der Waals surface area contributed by atoms with E-state index in [2.05, 4.69) is 39.7 Å². The summed E-state index contributed by atoms with van der Waals surface area (Å²) in [5.41, 5.74) is 8.88. The molecule has 0 unspecified atom stereocenters. The monoisotopic (exact) mass is 293 g/mol. The van der Waals surface area contributed by atoms with Crippen LogP contribution in [0.2, 0.25) is 0 Å². The number of pyridine rings is 1. The maximum Gasteiger partial charge on any atom is 0.0956 e. The highest BCUT2D eigenvalue weighted by atomic mass is 79.9. The minimum absolute atomic E-state index is 0.768. The summed E-state index contributed by atoms with van der Waals surface area (Å²) in [4.78, 5) is 6.77. The van der Waals surface area contributed by atoms with Crippen LogP contribution in [0.4, 0.5) is 11.4 Å². The number of anilines is 2. The number of benzene rings is 1. The first-order valence-electron chi connectivity index (χ1n) is 5.76. The molecule has 1 aromatic heterocycles. The molecule has 0 atom stereocenters. The first kappa shape index (κ1) is 12.2. The van der Waals surface area contributed by atoms with Crippen molar-refractivity contribution in [3.05, 3.63) is 28.9 Å². The van der Waals surface area contributed by atoms with Gasteiger partial charge in [-0.25, -0.2) is 0 Å². The molecule has 2 aromatic rings. The van der Waals surface area contributed by atoms with Crippen LogP contribution in [0, 0.1) is 0 Å². The summed E-state index contributed by atoms with van der Waals surface area (Å²) in [6, 6.07) is 6.01. The van der Waals surface area contributed by atoms with Crippen molar-refractivity contribution in [3.8, 4) is 0 Å². The van der Waals surface area contributed by atoms with Crippen LogP contribution in [0.5, 0.6) is 0 Å². The number of nitrogens with zero attached hydrogens (tertiary/aromatic N) is 2. The van der Waals surface area contributed by atoms with Gasteiger partial charge in [-0.2, -0.15) is 0 Å². The molecule has 4 heteroatoms. The molecule has 0 saturated heterocycles. The summed E-state index contributed by atoms with van der Waals surface area (Å²) in [7, 11) is 0. The minimum Gasteiger partial charge on any atom is -0.398 e. The van der Waals surface area contributed by atoms with Crippen molar-refractivity contribution < 1.29 is 0 Å². The Hall–Kier alpha value is -1.29. The molecule has 90 valence electrons. The smallest absolute Gasteiger partial charge is 0.0956 e. The van der Waals surface area contributed by atoms with Gasteiger partial charge in [0.05, 0.1) is 11.2 Å². The van der Waals surface area contributed by atoms with Crippen molar-refractivity contribution in [2.75, 3.05) is 23.7 Å². The topological polar surface area (TPSA) is 42.1 Å². The molecule has 1 aromatic carbocycles. The molecule has 0 amide bonds. The van der Waals surface area contributed by atoms with Crippen molar-refractivity contribution in [2.45, 2.75) is 13.8 Å². The summed E-state index contributed by atoms with van der Waals surface area (Å²) in [6.45, 7) is 6.22. The maximum atomic E-state index is 6.00. The van der Waals surface area contributed by atoms with Crippen LogP contribution in [0.15, 0.2) is 28.9 Å². The van der Waals surface area contributed by atoms with Crippen LogP contribution in [0.1, 0.15) is 13.8 Å². The number of nitrogen functional groups attached to an aromatic ring is 1. The fourth-order valence-electron chi connectivity index (χ4n) is 2.02. The number of aromatic nitrogens is 1. The number of hydrogen-bond donors (Lipinski definition) is 1. The average Bonchev–Trinajstić information content (AvgIpc) is 2.34. The van der Waals surface area contributed by atoms with Gasteiger partial charge in [-0.05, 0) is 48.0 Å². The zero-order chi connectivity index (χ0) is 12.4. The highest BCUT2D eigenvalue weighted by Crippen LogP contribution is 2.30. The molecule has 1 heterocycles. The number of rotatable bonds is 3. The first-order valence-corrected chi connectivity index (χ1v) is 6.55. The molecule has 2 N–H and O–H groups in total. The van der Waals surface area contributed by atoms with Crippen molar-refractivity contribution in [3.63, 3.8) is 0 Å². The third kappa shape index (κ3) is 2.22. The van der Waals surface area contributed by atoms with Gasteiger partial charge in [-0.3, -0.25) is 4.98 Å². The van der Waals surface area contributed by atoms with Crippen LogP contribution in [-0.4, -0.2) is 18.1 Å². The van der Waals surface area contributed by atoms with Crippen LogP contribution < -0.4 is 10.6 Å². The van der Waals surface area contributed by atoms with E-state index in [1.54, 1.807) is 0 Å². The van der Waals surface area contributed by atoms with E-state index < -0.39 is 0 Å². The lowest BCUT2D eigenvalue weighted by Crippen LogP contribution is -2.22. The molecule has 0 saturated carbocycles. The van der Waals surface area contributed by atoms with Crippen LogP contribution >= 0.6 is 15.9 Å². The van der Waals surface area contributed by atoms with E-state index in [1.165, 1.54) is 0 Å². The molecule has 0 radical (unpaired) electrons. The third-order valence-electron chi connectivity index (χ3n) is 2.93. The zero-order valence-electron chi connectivity index (χ0n) is 10.1. The standard InChI is InChI=1S/C13H16BrN3/c1-3-17(4-2)12-6-5-11(15)10-7-9(14)8-16-13(10)12/h5-8H,3-4,15H2,1-2H3. The van der Waals surface area contributed by atoms with Crippen molar-refractivity contribution in [1.82, 2.24) is 4.98 Å². The van der Waals surface area contributed by atoms with Gasteiger partial charge in [0.1, 0.15) is 0 Å². The molecule has 17 heavy (non-hydrogen) atoms. The lowest BCUT2D eigenvalue weighted by molar-refractivity contribution is 0.869. The third-order valence-corrected chi connectivity index (χ3v) is 3.37. The van der Waals surface area contributed by atoms with Gasteiger partial charge in [0, 0.05) is 34.8 Å². The Morgan fingerprint density at radius 3 is 2.65 bits per heavy atom. The van der Waals surface area contributed by atoms with E-state index in [9.17, 15) is 0 Å². The zero-order valence-corrected chi connectivity index (χ0v) is 11.7. The number of fused-ring (bicyclic) bond motifs is 1. The molecule has 0 aliphatic heterocycles. The highest BCUT2D eigenvalue weighted by molar-refractivity contribution is 9.10. The fraction of sp³-hybridized carbons (Fsp3) is 0.308. The Morgan fingerprint density at radius 2 is 2.00 bits per heavy atom. The molecule has 0 aliphatic rings. The predicted octanol–water partition coefficient (Wildman–Crippen LogP) is 3.43. The van der Waals surface area contributed by atoms with Crippen LogP contribution in [-0.2, 0) is 0 Å². The van der Waals surface area contributed by atoms with Gasteiger partial charge in [-0.1, -0.05) is 0 Å². The SMILES string of the molecule is CCN(CC)c1ccc(N)c2cc(Br)cnc12. The van der Waals surface area contributed by atoms with E-state index >= 15 is 0 Å². The largest absolute Gasteiger partial charge is 0.398 e. The Kier molecular flexibility index (Phi) is 3.52. The van der Waals surface area contributed by atoms with Gasteiger partial charge < -0.3 is 10.6 Å². The van der Waals surface area contributed by atoms with Gasteiger partial charge in [0.25, 0.3) is 0 Å². The first-order chi connectivity index (χ1) is 8.17. The van der Waals surface area contributed by atoms with Crippen molar-refractivity contribution >= 4 is 38.2 Å². The van der Waals surface area contributed by atoms with E-state index in [-0.39, 0.29) is 0 Å². The normalized spacial score (nSPS) is 10.8. The van der Waals surface area contributed by atoms with E-state index in [4.69, 9.17) is 5.73 Å². The number of hydrogen-bond acceptors (Lipinski definition) is 3. The van der Waals surface area contributed by atoms with Gasteiger partial charge >= 0.3 is 0 Å². The summed E-state index contributed by atoms with van der Waals surface area (Å²) in [5.74, 6) is 0. The van der Waals surface area contributed by atoms with Crippen molar-refractivity contribution in [1.29, 1.82) is 0 Å². The molecular formula is C13H16BrN3. The van der Waals surface area contributed by atoms with Gasteiger partial charge in [0.15, 0.2) is 0 Å². The van der Waals surface area contributed by atoms with Crippen molar-refractivity contribution in [2.24, 2.45) is 0 Å². The molecule has 0 fully saturated rings. The van der Waals surface area contributed by atoms with Gasteiger partial charge in [0.2, 0.25) is 0 Å². The Labute approximate surface area is 110 Å². The lowest BCUT2D eigenvalue weighted by atomic mass is 10.1. The molecule has 0 aliphatic carbocycles. The minimum atomic E-state index is 0.768. The van der Waals surface area contributed by atoms with Crippen LogP contribution in [0.25, 0.3) is 10.9 Å². The summed E-state index contributed by atoms with van der Waals surface area (Å²) >= 11 is 3.43. The highest BCUT2D eigenvalue weighted by Gasteiger charge is 2.10. The summed E-state index contributed by atoms with van der Waals surface area (Å²) in [5, 5.41) is 1.00. The van der Waals surface area contributed by atoms with Crippen LogP contribution in [0.3, 0.4) is 0 Å². The molecule has 0 spiro atoms. The predicted molar refractivity (Wildman–Crippen MR) is 77.4 cm³/mol. The van der Waals surface area contributed by atoms with Gasteiger partial charge in [-0.15, -0.1) is 0 Å². The average molecular weight is 294 g/mol. The second-order valence-electron chi connectivity index (χ2n) is 3.90. The second-order valence-corrected chi connectivity index (χ2v) is 4.81. The van der Waals surface area contributed by atoms with E-state index in [0.29, 0.717) is 0 Å². The molecule has 2 rings (SSSR count). The quantitative estimate of drug-likeness (QED) is 0.882. The summed E-state index contributed by atoms with van der Waals surface area (Å²) in [6.07, 6.45) is 1.81. The Bertz CT molecular complexity index is 535. The lowest BCUT2D eigenvalue weighted by Gasteiger charge is -2.22. The van der Waals surface area contributed by atoms with E-state index in [0.717, 1.165) is 39.8 Å². The second kappa shape index (κ2) is 4.92. The molecule has 0 bridgehead atoms. The summed E-state index contributed by atoms with van der Waals surface area (Å²) < 4.78 is 0.952. The molecular weight excluding hydrogens is 278 g/mol. The Balaban J connectivity index is 2.69. The maximum absolute atomic E-state index is 6.00. The molecule has 3 nitrogen and oxygen atoms in total. The number of halogens is 1. The Morgan fingerprint density at radius 1 is 1.29 bits per heavy atom. The number of nitrogens with two attached hydrogens (primary N) is 1. The fourth-order valence-corrected chi connectivity index (χ4v) is 2.35.